The molecule has 5 nitrogen and oxygen atoms in total. The van der Waals surface area contributed by atoms with Crippen LogP contribution in [0.3, 0.4) is 0 Å². The summed E-state index contributed by atoms with van der Waals surface area (Å²) in [6.07, 6.45) is -3.92. The molecule has 3 N–H and O–H groups in total. The molecular formula is C17H22F4N2O3. The number of carbonyl (C=O) groups is 1. The number of alkyl halides is 3. The smallest absolute Gasteiger partial charge is 0.381 e. The van der Waals surface area contributed by atoms with E-state index < -0.39 is 29.5 Å². The molecule has 9 heteroatoms. The zero-order valence-corrected chi connectivity index (χ0v) is 14.3. The number of methoxy groups -OCH3 is 1. The number of rotatable bonds is 6. The van der Waals surface area contributed by atoms with Gasteiger partial charge in [0.1, 0.15) is 5.82 Å². The molecule has 0 aromatic heterocycles. The van der Waals surface area contributed by atoms with E-state index in [-0.39, 0.29) is 30.7 Å². The van der Waals surface area contributed by atoms with Crippen LogP contribution in [-0.4, -0.2) is 44.4 Å². The van der Waals surface area contributed by atoms with Gasteiger partial charge < -0.3 is 20.5 Å². The van der Waals surface area contributed by atoms with Crippen molar-refractivity contribution in [3.05, 3.63) is 35.1 Å². The number of nitrogens with one attached hydrogen (secondary N) is 1. The molecule has 0 aliphatic carbocycles. The third-order valence-corrected chi connectivity index (χ3v) is 4.32. The molecule has 0 saturated carbocycles. The second-order valence-electron chi connectivity index (χ2n) is 6.21. The second-order valence-corrected chi connectivity index (χ2v) is 6.21. The van der Waals surface area contributed by atoms with Gasteiger partial charge in [0.15, 0.2) is 0 Å². The molecule has 1 unspecified atom stereocenters. The molecule has 3 atom stereocenters. The lowest BCUT2D eigenvalue weighted by atomic mass is 10.0. The lowest BCUT2D eigenvalue weighted by molar-refractivity contribution is -0.140. The Bertz CT molecular complexity index is 625. The molecule has 1 aromatic rings. The summed E-state index contributed by atoms with van der Waals surface area (Å²) in [6, 6.07) is 1.75. The third kappa shape index (κ3) is 5.39. The second kappa shape index (κ2) is 8.79. The van der Waals surface area contributed by atoms with Gasteiger partial charge in [-0.25, -0.2) is 4.39 Å². The molecule has 1 aromatic carbocycles. The fraction of sp³-hybridized carbons (Fsp3) is 0.588. The Balaban J connectivity index is 1.91. The number of carbonyl (C=O) groups excluding carboxylic acids is 1. The largest absolute Gasteiger partial charge is 0.419 e. The summed E-state index contributed by atoms with van der Waals surface area (Å²) in [4.78, 5) is 12.1. The van der Waals surface area contributed by atoms with Crippen molar-refractivity contribution in [3.63, 3.8) is 0 Å². The van der Waals surface area contributed by atoms with Gasteiger partial charge in [-0.2, -0.15) is 13.2 Å². The van der Waals surface area contributed by atoms with Crippen LogP contribution in [0.2, 0.25) is 0 Å². The number of ether oxygens (including phenoxy) is 2. The van der Waals surface area contributed by atoms with Gasteiger partial charge in [0, 0.05) is 26.7 Å². The third-order valence-electron chi connectivity index (χ3n) is 4.32. The summed E-state index contributed by atoms with van der Waals surface area (Å²) < 4.78 is 63.0. The molecule has 1 aliphatic heterocycles. The summed E-state index contributed by atoms with van der Waals surface area (Å²) >= 11 is 0. The van der Waals surface area contributed by atoms with Crippen molar-refractivity contribution < 1.29 is 31.8 Å². The Hall–Kier alpha value is -1.71. The quantitative estimate of drug-likeness (QED) is 0.743. The maximum atomic E-state index is 14.0. The molecular weight excluding hydrogens is 356 g/mol. The van der Waals surface area contributed by atoms with Crippen LogP contribution >= 0.6 is 0 Å². The highest BCUT2D eigenvalue weighted by Gasteiger charge is 2.35. The first-order chi connectivity index (χ1) is 12.2. The van der Waals surface area contributed by atoms with Crippen LogP contribution in [0.1, 0.15) is 24.0 Å². The van der Waals surface area contributed by atoms with Gasteiger partial charge in [0.05, 0.1) is 23.8 Å². The topological polar surface area (TPSA) is 73.6 Å². The number of nitrogens with two attached hydrogens (primary N) is 1. The fourth-order valence-corrected chi connectivity index (χ4v) is 2.83. The maximum absolute atomic E-state index is 14.0. The highest BCUT2D eigenvalue weighted by Crippen LogP contribution is 2.32. The van der Waals surface area contributed by atoms with E-state index >= 15 is 0 Å². The highest BCUT2D eigenvalue weighted by molar-refractivity contribution is 5.81. The van der Waals surface area contributed by atoms with Gasteiger partial charge >= 0.3 is 6.18 Å². The minimum absolute atomic E-state index is 0.0542. The molecule has 26 heavy (non-hydrogen) atoms. The average Bonchev–Trinajstić information content (AvgIpc) is 2.60. The fourth-order valence-electron chi connectivity index (χ4n) is 2.83. The first-order valence-corrected chi connectivity index (χ1v) is 8.24. The molecule has 1 aliphatic rings. The van der Waals surface area contributed by atoms with Crippen LogP contribution in [0.25, 0.3) is 0 Å². The number of benzene rings is 1. The molecule has 1 saturated heterocycles. The van der Waals surface area contributed by atoms with Gasteiger partial charge in [-0.15, -0.1) is 0 Å². The van der Waals surface area contributed by atoms with E-state index in [9.17, 15) is 22.4 Å². The molecule has 1 heterocycles. The van der Waals surface area contributed by atoms with Gasteiger partial charge in [0.25, 0.3) is 0 Å². The summed E-state index contributed by atoms with van der Waals surface area (Å²) in [7, 11) is 1.60. The summed E-state index contributed by atoms with van der Waals surface area (Å²) in [5.74, 6) is -1.98. The Morgan fingerprint density at radius 3 is 2.85 bits per heavy atom. The van der Waals surface area contributed by atoms with E-state index in [0.717, 1.165) is 12.5 Å². The van der Waals surface area contributed by atoms with Crippen molar-refractivity contribution in [2.24, 2.45) is 5.73 Å². The van der Waals surface area contributed by atoms with E-state index in [0.29, 0.717) is 19.1 Å². The normalized spacial score (nSPS) is 22.1. The van der Waals surface area contributed by atoms with Gasteiger partial charge in [-0.1, -0.05) is 12.1 Å². The van der Waals surface area contributed by atoms with E-state index in [4.69, 9.17) is 15.2 Å². The zero-order valence-electron chi connectivity index (χ0n) is 14.3. The monoisotopic (exact) mass is 378 g/mol. The molecule has 0 radical (unpaired) electrons. The molecule has 0 bridgehead atoms. The van der Waals surface area contributed by atoms with Gasteiger partial charge in [-0.3, -0.25) is 4.79 Å². The van der Waals surface area contributed by atoms with Crippen molar-refractivity contribution in [1.82, 2.24) is 5.32 Å². The zero-order chi connectivity index (χ0) is 19.3. The maximum Gasteiger partial charge on any atom is 0.419 e. The van der Waals surface area contributed by atoms with Gasteiger partial charge in [-0.05, 0) is 24.5 Å². The molecule has 1 fully saturated rings. The minimum atomic E-state index is -4.80. The van der Waals surface area contributed by atoms with Crippen molar-refractivity contribution in [2.45, 2.75) is 43.7 Å². The number of hydrogen-bond acceptors (Lipinski definition) is 4. The predicted molar refractivity (Wildman–Crippen MR) is 85.9 cm³/mol. The van der Waals surface area contributed by atoms with E-state index in [2.05, 4.69) is 5.32 Å². The molecule has 146 valence electrons. The SMILES string of the molecule is CO[C@@H]1CCO[C@H](CNC(=O)C(N)Cc2cccc(C(F)(F)F)c2F)C1. The Labute approximate surface area is 148 Å². The van der Waals surface area contributed by atoms with Crippen molar-refractivity contribution >= 4 is 5.91 Å². The number of hydrogen-bond donors (Lipinski definition) is 2. The molecule has 2 rings (SSSR count). The molecule has 1 amide bonds. The lowest BCUT2D eigenvalue weighted by Crippen LogP contribution is -2.46. The first kappa shape index (κ1) is 20.6. The van der Waals surface area contributed by atoms with Crippen LogP contribution in [0.4, 0.5) is 17.6 Å². The Morgan fingerprint density at radius 1 is 1.46 bits per heavy atom. The highest BCUT2D eigenvalue weighted by atomic mass is 19.4. The van der Waals surface area contributed by atoms with E-state index in [1.807, 2.05) is 0 Å². The summed E-state index contributed by atoms with van der Waals surface area (Å²) in [5.41, 5.74) is 4.10. The minimum Gasteiger partial charge on any atom is -0.381 e. The van der Waals surface area contributed by atoms with Crippen molar-refractivity contribution in [2.75, 3.05) is 20.3 Å². The summed E-state index contributed by atoms with van der Waals surface area (Å²) in [5, 5.41) is 2.59. The number of halogens is 4. The average molecular weight is 378 g/mol. The standard InChI is InChI=1S/C17H22F4N2O3/c1-25-11-5-6-26-12(8-11)9-23-16(24)14(22)7-10-3-2-4-13(15(10)18)17(19,20)21/h2-4,11-12,14H,5-9,22H2,1H3,(H,23,24)/t11-,12+,14?/m1/s1. The first-order valence-electron chi connectivity index (χ1n) is 8.24. The van der Waals surface area contributed by atoms with E-state index in [1.54, 1.807) is 7.11 Å². The predicted octanol–water partition coefficient (Wildman–Crippen LogP) is 2.02. The number of amides is 1. The Morgan fingerprint density at radius 2 is 2.19 bits per heavy atom. The van der Waals surface area contributed by atoms with Crippen LogP contribution in [0.15, 0.2) is 18.2 Å². The van der Waals surface area contributed by atoms with Crippen LogP contribution in [0, 0.1) is 5.82 Å². The summed E-state index contributed by atoms with van der Waals surface area (Å²) in [6.45, 7) is 0.720. The Kier molecular flexibility index (Phi) is 6.96. The van der Waals surface area contributed by atoms with Crippen LogP contribution in [-0.2, 0) is 26.9 Å². The van der Waals surface area contributed by atoms with Crippen LogP contribution < -0.4 is 11.1 Å². The van der Waals surface area contributed by atoms with Crippen LogP contribution in [0.5, 0.6) is 0 Å². The lowest BCUT2D eigenvalue weighted by Gasteiger charge is -2.29. The molecule has 0 spiro atoms. The van der Waals surface area contributed by atoms with Gasteiger partial charge in [0.2, 0.25) is 5.91 Å². The van der Waals surface area contributed by atoms with Crippen molar-refractivity contribution in [1.29, 1.82) is 0 Å². The van der Waals surface area contributed by atoms with E-state index in [1.165, 1.54) is 6.07 Å². The van der Waals surface area contributed by atoms with Crippen molar-refractivity contribution in [3.8, 4) is 0 Å².